The van der Waals surface area contributed by atoms with Crippen molar-refractivity contribution in [1.29, 1.82) is 0 Å². The lowest BCUT2D eigenvalue weighted by Gasteiger charge is -2.54. The summed E-state index contributed by atoms with van der Waals surface area (Å²) in [4.78, 5) is 12.4. The molecule has 0 aromatic heterocycles. The number of para-hydroxylation sites is 1. The van der Waals surface area contributed by atoms with Crippen molar-refractivity contribution in [2.45, 2.75) is 18.5 Å². The Balaban J connectivity index is 1.84. The monoisotopic (exact) mass is 371 g/mol. The van der Waals surface area contributed by atoms with Crippen LogP contribution in [0.5, 0.6) is 0 Å². The molecule has 1 atom stereocenters. The summed E-state index contributed by atoms with van der Waals surface area (Å²) in [6.45, 7) is 1.49. The summed E-state index contributed by atoms with van der Waals surface area (Å²) in [7, 11) is 0. The van der Waals surface area contributed by atoms with Crippen molar-refractivity contribution in [2.75, 3.05) is 18.1 Å². The van der Waals surface area contributed by atoms with Gasteiger partial charge in [-0.1, -0.05) is 48.5 Å². The van der Waals surface area contributed by atoms with Gasteiger partial charge in [0.1, 0.15) is 0 Å². The van der Waals surface area contributed by atoms with Crippen molar-refractivity contribution in [3.63, 3.8) is 0 Å². The van der Waals surface area contributed by atoms with E-state index in [4.69, 9.17) is 0 Å². The second kappa shape index (κ2) is 6.64. The summed E-state index contributed by atoms with van der Waals surface area (Å²) in [6, 6.07) is 18.3. The van der Waals surface area contributed by atoms with Gasteiger partial charge >= 0.3 is 0 Å². The number of carbonyl (C=O) groups is 1. The first kappa shape index (κ1) is 16.7. The molecule has 0 radical (unpaired) electrons. The van der Waals surface area contributed by atoms with Crippen LogP contribution in [0.2, 0.25) is 0 Å². The average molecular weight is 371 g/mol. The molecule has 5 rings (SSSR count). The van der Waals surface area contributed by atoms with Crippen molar-refractivity contribution >= 4 is 30.5 Å². The number of hydrazine groups is 1. The van der Waals surface area contributed by atoms with E-state index in [1.54, 1.807) is 0 Å². The third kappa shape index (κ3) is 2.30. The van der Waals surface area contributed by atoms with E-state index in [9.17, 15) is 4.79 Å². The van der Waals surface area contributed by atoms with E-state index < -0.39 is 5.66 Å². The summed E-state index contributed by atoms with van der Waals surface area (Å²) in [5.41, 5.74) is 2.77. The van der Waals surface area contributed by atoms with E-state index in [0.717, 1.165) is 49.0 Å². The zero-order valence-electron chi connectivity index (χ0n) is 15.5. The van der Waals surface area contributed by atoms with Gasteiger partial charge in [-0.3, -0.25) is 9.80 Å². The molecule has 2 aromatic carbocycles. The third-order valence-electron chi connectivity index (χ3n) is 5.46. The van der Waals surface area contributed by atoms with Gasteiger partial charge in [-0.2, -0.15) is 10.2 Å². The van der Waals surface area contributed by atoms with Gasteiger partial charge in [0, 0.05) is 48.5 Å². The molecule has 0 saturated heterocycles. The first-order chi connectivity index (χ1) is 13.9. The molecule has 0 bridgehead atoms. The summed E-state index contributed by atoms with van der Waals surface area (Å²) in [6.07, 6.45) is 8.50. The second-order valence-corrected chi connectivity index (χ2v) is 7.02. The van der Waals surface area contributed by atoms with E-state index >= 15 is 0 Å². The maximum absolute atomic E-state index is 12.4. The molecule has 28 heavy (non-hydrogen) atoms. The number of hydrogen-bond acceptors (Lipinski definition) is 6. The topological polar surface area (TPSA) is 51.5 Å². The van der Waals surface area contributed by atoms with Crippen molar-refractivity contribution < 1.29 is 4.79 Å². The first-order valence-electron chi connectivity index (χ1n) is 9.58. The van der Waals surface area contributed by atoms with E-state index in [-0.39, 0.29) is 0 Å². The normalized spacial score (nSPS) is 23.1. The number of anilines is 1. The van der Waals surface area contributed by atoms with Crippen LogP contribution in [0.3, 0.4) is 0 Å². The Morgan fingerprint density at radius 3 is 2.36 bits per heavy atom. The van der Waals surface area contributed by atoms with E-state index in [1.807, 2.05) is 65.0 Å². The first-order valence-corrected chi connectivity index (χ1v) is 9.58. The minimum absolute atomic E-state index is 0.651. The average Bonchev–Trinajstić information content (AvgIpc) is 3.47. The van der Waals surface area contributed by atoms with Crippen molar-refractivity contribution in [3.05, 3.63) is 71.3 Å². The van der Waals surface area contributed by atoms with Gasteiger partial charge in [0.25, 0.3) is 0 Å². The van der Waals surface area contributed by atoms with Gasteiger partial charge in [-0.25, -0.2) is 10.1 Å². The molecular weight excluding hydrogens is 350 g/mol. The highest BCUT2D eigenvalue weighted by Crippen LogP contribution is 2.49. The number of benzene rings is 2. The zero-order valence-corrected chi connectivity index (χ0v) is 15.5. The zero-order chi connectivity index (χ0) is 19.0. The highest BCUT2D eigenvalue weighted by atomic mass is 16.1. The van der Waals surface area contributed by atoms with E-state index in [0.29, 0.717) is 5.57 Å². The van der Waals surface area contributed by atoms with E-state index in [1.165, 1.54) is 0 Å². The fourth-order valence-electron chi connectivity index (χ4n) is 4.32. The smallest absolute Gasteiger partial charge is 0.203 e. The Kier molecular flexibility index (Phi) is 3.97. The molecular formula is C22H21N5O. The van der Waals surface area contributed by atoms with Crippen LogP contribution in [0.4, 0.5) is 5.69 Å². The van der Waals surface area contributed by atoms with Crippen molar-refractivity contribution in [3.8, 4) is 0 Å². The molecule has 0 N–H and O–H groups in total. The molecule has 0 aliphatic carbocycles. The highest BCUT2D eigenvalue weighted by Gasteiger charge is 2.53. The number of nitrogens with zero attached hydrogens (tertiary/aromatic N) is 5. The minimum Gasteiger partial charge on any atom is -0.298 e. The lowest BCUT2D eigenvalue weighted by Crippen LogP contribution is -2.63. The van der Waals surface area contributed by atoms with Crippen LogP contribution in [0, 0.1) is 0 Å². The molecule has 6 nitrogen and oxygen atoms in total. The maximum Gasteiger partial charge on any atom is 0.203 e. The van der Waals surface area contributed by atoms with Gasteiger partial charge in [0.2, 0.25) is 5.66 Å². The largest absolute Gasteiger partial charge is 0.298 e. The number of hydrazone groups is 2. The van der Waals surface area contributed by atoms with Gasteiger partial charge in [0.15, 0.2) is 6.29 Å². The summed E-state index contributed by atoms with van der Waals surface area (Å²) < 4.78 is 0. The second-order valence-electron chi connectivity index (χ2n) is 7.02. The SMILES string of the molecule is O=CC1=Cc2ccccc2N(N2CCC=N2)C1(c1ccccc1)N1CCC=N1. The quantitative estimate of drug-likeness (QED) is 0.775. The lowest BCUT2D eigenvalue weighted by molar-refractivity contribution is -0.106. The summed E-state index contributed by atoms with van der Waals surface area (Å²) >= 11 is 0. The molecule has 0 fully saturated rings. The summed E-state index contributed by atoms with van der Waals surface area (Å²) in [5, 5.41) is 15.5. The molecule has 0 amide bonds. The number of fused-ring (bicyclic) bond motifs is 1. The van der Waals surface area contributed by atoms with E-state index in [2.05, 4.69) is 33.4 Å². The van der Waals surface area contributed by atoms with Crippen molar-refractivity contribution in [2.24, 2.45) is 10.2 Å². The fraction of sp³-hybridized carbons (Fsp3) is 0.227. The van der Waals surface area contributed by atoms with Gasteiger partial charge < -0.3 is 0 Å². The van der Waals surface area contributed by atoms with Crippen molar-refractivity contribution in [1.82, 2.24) is 10.1 Å². The predicted molar refractivity (Wildman–Crippen MR) is 111 cm³/mol. The number of carbonyl (C=O) groups excluding carboxylic acids is 1. The Labute approximate surface area is 164 Å². The molecule has 1 unspecified atom stereocenters. The molecule has 3 heterocycles. The molecule has 3 aliphatic rings. The van der Waals surface area contributed by atoms with Crippen LogP contribution >= 0.6 is 0 Å². The Bertz CT molecular complexity index is 983. The number of hydrogen-bond donors (Lipinski definition) is 0. The standard InChI is InChI=1S/C22H21N5O/c28-17-20-16-18-8-4-5-11-21(18)27(26-15-7-13-24-26)22(20,25-14-6-12-23-25)19-9-2-1-3-10-19/h1-5,8-13,16-17H,6-7,14-15H2. The molecule has 6 heteroatoms. The molecule has 140 valence electrons. The maximum atomic E-state index is 12.4. The van der Waals surface area contributed by atoms with Gasteiger partial charge in [0.05, 0.1) is 12.2 Å². The summed E-state index contributed by atoms with van der Waals surface area (Å²) in [5.74, 6) is 0. The predicted octanol–water partition coefficient (Wildman–Crippen LogP) is 3.24. The Hall–Kier alpha value is -3.41. The molecule has 0 spiro atoms. The van der Waals surface area contributed by atoms with Crippen LogP contribution in [-0.2, 0) is 10.5 Å². The van der Waals surface area contributed by atoms with Crippen LogP contribution in [0.1, 0.15) is 24.0 Å². The van der Waals surface area contributed by atoms with Crippen LogP contribution in [-0.4, -0.2) is 41.9 Å². The lowest BCUT2D eigenvalue weighted by atomic mass is 9.84. The third-order valence-corrected chi connectivity index (χ3v) is 5.46. The minimum atomic E-state index is -0.883. The van der Waals surface area contributed by atoms with Crippen LogP contribution in [0.15, 0.2) is 70.4 Å². The molecule has 2 aromatic rings. The Morgan fingerprint density at radius 2 is 1.64 bits per heavy atom. The fourth-order valence-corrected chi connectivity index (χ4v) is 4.32. The molecule has 0 saturated carbocycles. The van der Waals surface area contributed by atoms with Gasteiger partial charge in [-0.05, 0) is 12.1 Å². The Morgan fingerprint density at radius 1 is 0.893 bits per heavy atom. The molecule has 3 aliphatic heterocycles. The van der Waals surface area contributed by atoms with Gasteiger partial charge in [-0.15, -0.1) is 0 Å². The number of aldehydes is 1. The highest BCUT2D eigenvalue weighted by molar-refractivity contribution is 5.92. The van der Waals surface area contributed by atoms with Crippen LogP contribution < -0.4 is 5.01 Å². The van der Waals surface area contributed by atoms with Crippen LogP contribution in [0.25, 0.3) is 6.08 Å². The number of rotatable bonds is 4.